The molecule has 0 spiro atoms. The number of nitrogens with zero attached hydrogens (tertiary/aromatic N) is 3. The first-order valence-electron chi connectivity index (χ1n) is 7.79. The van der Waals surface area contributed by atoms with Crippen LogP contribution in [0.5, 0.6) is 11.8 Å². The van der Waals surface area contributed by atoms with E-state index in [1.807, 2.05) is 42.5 Å². The second-order valence-electron chi connectivity index (χ2n) is 5.49. The highest BCUT2D eigenvalue weighted by Gasteiger charge is 2.04. The van der Waals surface area contributed by atoms with E-state index < -0.39 is 0 Å². The second kappa shape index (κ2) is 6.48. The predicted octanol–water partition coefficient (Wildman–Crippen LogP) is 3.34. The highest BCUT2D eigenvalue weighted by atomic mass is 16.5. The molecular formula is C18H16N6O. The van der Waals surface area contributed by atoms with Crippen LogP contribution < -0.4 is 15.8 Å². The molecule has 0 fully saturated rings. The highest BCUT2D eigenvalue weighted by Crippen LogP contribution is 2.19. The third-order valence-corrected chi connectivity index (χ3v) is 3.64. The maximum absolute atomic E-state index is 5.78. The number of nitrogens with two attached hydrogens (primary N) is 1. The normalized spacial score (nSPS) is 10.7. The molecule has 4 aromatic rings. The Bertz CT molecular complexity index is 982. The van der Waals surface area contributed by atoms with E-state index in [-0.39, 0.29) is 0 Å². The minimum atomic E-state index is 0.329. The summed E-state index contributed by atoms with van der Waals surface area (Å²) in [7, 11) is 0. The van der Waals surface area contributed by atoms with Crippen molar-refractivity contribution in [3.8, 4) is 11.8 Å². The van der Waals surface area contributed by atoms with Crippen LogP contribution in [0.4, 0.5) is 11.6 Å². The first kappa shape index (κ1) is 14.9. The van der Waals surface area contributed by atoms with E-state index in [2.05, 4.69) is 25.3 Å². The molecule has 0 unspecified atom stereocenters. The lowest BCUT2D eigenvalue weighted by Gasteiger charge is -2.06. The number of benzene rings is 2. The van der Waals surface area contributed by atoms with E-state index in [1.165, 1.54) is 0 Å². The standard InChI is InChI=1S/C18H16N6O/c19-13-4-7-15-16(10-13)24-17(23-15)22-11-12-2-5-14(6-3-12)25-18-20-8-1-9-21-18/h1-10H,11,19H2,(H2,22,23,24). The third-order valence-electron chi connectivity index (χ3n) is 3.64. The van der Waals surface area contributed by atoms with Crippen LogP contribution in [0.15, 0.2) is 60.9 Å². The molecule has 25 heavy (non-hydrogen) atoms. The van der Waals surface area contributed by atoms with Crippen molar-refractivity contribution in [3.05, 3.63) is 66.5 Å². The van der Waals surface area contributed by atoms with Crippen LogP contribution in [0.1, 0.15) is 5.56 Å². The zero-order chi connectivity index (χ0) is 17.1. The van der Waals surface area contributed by atoms with Crippen LogP contribution in [0.3, 0.4) is 0 Å². The molecule has 2 heterocycles. The molecule has 0 atom stereocenters. The van der Waals surface area contributed by atoms with Gasteiger partial charge < -0.3 is 20.8 Å². The molecule has 124 valence electrons. The van der Waals surface area contributed by atoms with Crippen LogP contribution >= 0.6 is 0 Å². The minimum Gasteiger partial charge on any atom is -0.424 e. The Kier molecular flexibility index (Phi) is 3.88. The number of imidazole rings is 1. The minimum absolute atomic E-state index is 0.329. The van der Waals surface area contributed by atoms with Crippen molar-refractivity contribution in [3.63, 3.8) is 0 Å². The smallest absolute Gasteiger partial charge is 0.321 e. The van der Waals surface area contributed by atoms with Gasteiger partial charge >= 0.3 is 6.01 Å². The lowest BCUT2D eigenvalue weighted by atomic mass is 10.2. The maximum Gasteiger partial charge on any atom is 0.321 e. The van der Waals surface area contributed by atoms with Crippen molar-refractivity contribution in [2.75, 3.05) is 11.1 Å². The summed E-state index contributed by atoms with van der Waals surface area (Å²) in [5.74, 6) is 1.40. The predicted molar refractivity (Wildman–Crippen MR) is 96.4 cm³/mol. The summed E-state index contributed by atoms with van der Waals surface area (Å²) in [6.45, 7) is 0.636. The molecule has 0 aliphatic carbocycles. The Balaban J connectivity index is 1.40. The molecule has 0 bridgehead atoms. The number of nitrogen functional groups attached to an aromatic ring is 1. The van der Waals surface area contributed by atoms with Crippen LogP contribution in [0.25, 0.3) is 11.0 Å². The van der Waals surface area contributed by atoms with E-state index >= 15 is 0 Å². The van der Waals surface area contributed by atoms with Gasteiger partial charge in [0.05, 0.1) is 11.0 Å². The Labute approximate surface area is 143 Å². The number of hydrogen-bond acceptors (Lipinski definition) is 6. The Morgan fingerprint density at radius 2 is 1.84 bits per heavy atom. The summed E-state index contributed by atoms with van der Waals surface area (Å²) >= 11 is 0. The first-order chi connectivity index (χ1) is 12.3. The summed E-state index contributed by atoms with van der Waals surface area (Å²) in [6.07, 6.45) is 3.28. The number of H-pyrrole nitrogens is 1. The van der Waals surface area contributed by atoms with Gasteiger partial charge in [-0.2, -0.15) is 0 Å². The number of anilines is 2. The van der Waals surface area contributed by atoms with Gasteiger partial charge in [0.2, 0.25) is 5.95 Å². The van der Waals surface area contributed by atoms with Gasteiger partial charge in [0.25, 0.3) is 0 Å². The first-order valence-corrected chi connectivity index (χ1v) is 7.79. The summed E-state index contributed by atoms with van der Waals surface area (Å²) < 4.78 is 5.57. The second-order valence-corrected chi connectivity index (χ2v) is 5.49. The molecule has 0 aliphatic rings. The fourth-order valence-corrected chi connectivity index (χ4v) is 2.42. The number of ether oxygens (including phenoxy) is 1. The van der Waals surface area contributed by atoms with Crippen molar-refractivity contribution in [2.45, 2.75) is 6.54 Å². The fraction of sp³-hybridized carbons (Fsp3) is 0.0556. The molecule has 4 N–H and O–H groups in total. The molecule has 2 aromatic heterocycles. The van der Waals surface area contributed by atoms with Gasteiger partial charge in [-0.1, -0.05) is 12.1 Å². The van der Waals surface area contributed by atoms with Gasteiger partial charge in [0.1, 0.15) is 5.75 Å². The van der Waals surface area contributed by atoms with E-state index in [9.17, 15) is 0 Å². The number of aromatic nitrogens is 4. The summed E-state index contributed by atoms with van der Waals surface area (Å²) in [5, 5.41) is 3.27. The van der Waals surface area contributed by atoms with Gasteiger partial charge in [-0.15, -0.1) is 0 Å². The number of fused-ring (bicyclic) bond motifs is 1. The third kappa shape index (κ3) is 3.50. The van der Waals surface area contributed by atoms with E-state index in [1.54, 1.807) is 18.5 Å². The van der Waals surface area contributed by atoms with E-state index in [0.29, 0.717) is 29.9 Å². The molecule has 0 radical (unpaired) electrons. The van der Waals surface area contributed by atoms with Crippen molar-refractivity contribution < 1.29 is 4.74 Å². The molecular weight excluding hydrogens is 316 g/mol. The van der Waals surface area contributed by atoms with Crippen LogP contribution in [0.2, 0.25) is 0 Å². The number of rotatable bonds is 5. The molecule has 0 saturated heterocycles. The Morgan fingerprint density at radius 3 is 2.64 bits per heavy atom. The van der Waals surface area contributed by atoms with Gasteiger partial charge in [0, 0.05) is 24.6 Å². The van der Waals surface area contributed by atoms with Gasteiger partial charge in [-0.3, -0.25) is 0 Å². The topological polar surface area (TPSA) is 102 Å². The van der Waals surface area contributed by atoms with E-state index in [0.717, 1.165) is 16.6 Å². The average molecular weight is 332 g/mol. The summed E-state index contributed by atoms with van der Waals surface area (Å²) in [4.78, 5) is 15.8. The Morgan fingerprint density at radius 1 is 1.04 bits per heavy atom. The van der Waals surface area contributed by atoms with Crippen molar-refractivity contribution in [2.24, 2.45) is 0 Å². The maximum atomic E-state index is 5.78. The van der Waals surface area contributed by atoms with Gasteiger partial charge in [-0.05, 0) is 42.0 Å². The monoisotopic (exact) mass is 332 g/mol. The van der Waals surface area contributed by atoms with Crippen molar-refractivity contribution in [1.82, 2.24) is 19.9 Å². The number of hydrogen-bond donors (Lipinski definition) is 3. The summed E-state index contributed by atoms with van der Waals surface area (Å²) in [5.41, 5.74) is 9.38. The fourth-order valence-electron chi connectivity index (χ4n) is 2.42. The molecule has 0 saturated carbocycles. The molecule has 7 nitrogen and oxygen atoms in total. The molecule has 2 aromatic carbocycles. The van der Waals surface area contributed by atoms with Crippen LogP contribution in [-0.2, 0) is 6.54 Å². The largest absolute Gasteiger partial charge is 0.424 e. The summed E-state index contributed by atoms with van der Waals surface area (Å²) in [6, 6.07) is 15.4. The van der Waals surface area contributed by atoms with Crippen molar-refractivity contribution in [1.29, 1.82) is 0 Å². The molecule has 0 aliphatic heterocycles. The lowest BCUT2D eigenvalue weighted by molar-refractivity contribution is 0.441. The van der Waals surface area contributed by atoms with Crippen molar-refractivity contribution >= 4 is 22.7 Å². The molecule has 7 heteroatoms. The van der Waals surface area contributed by atoms with Crippen LogP contribution in [0, 0.1) is 0 Å². The zero-order valence-electron chi connectivity index (χ0n) is 13.3. The molecule has 0 amide bonds. The number of nitrogens with one attached hydrogen (secondary N) is 2. The average Bonchev–Trinajstić information content (AvgIpc) is 3.04. The van der Waals surface area contributed by atoms with Gasteiger partial charge in [0.15, 0.2) is 0 Å². The highest BCUT2D eigenvalue weighted by molar-refractivity contribution is 5.80. The van der Waals surface area contributed by atoms with E-state index in [4.69, 9.17) is 10.5 Å². The number of aromatic amines is 1. The zero-order valence-corrected chi connectivity index (χ0v) is 13.3. The molecule has 4 rings (SSSR count). The lowest BCUT2D eigenvalue weighted by Crippen LogP contribution is -2.00. The Hall–Kier alpha value is -3.61. The SMILES string of the molecule is Nc1ccc2nc(NCc3ccc(Oc4ncccn4)cc3)[nH]c2c1. The quantitative estimate of drug-likeness (QED) is 0.485. The van der Waals surface area contributed by atoms with Crippen LogP contribution in [-0.4, -0.2) is 19.9 Å². The van der Waals surface area contributed by atoms with Gasteiger partial charge in [-0.25, -0.2) is 15.0 Å².